The van der Waals surface area contributed by atoms with Crippen molar-refractivity contribution in [1.82, 2.24) is 0 Å². The highest BCUT2D eigenvalue weighted by Crippen LogP contribution is 2.45. The van der Waals surface area contributed by atoms with Crippen molar-refractivity contribution in [2.75, 3.05) is 0 Å². The third-order valence-corrected chi connectivity index (χ3v) is 4.70. The maximum atomic E-state index is 13.3. The smallest absolute Gasteiger partial charge is 0.123 e. The first-order valence-corrected chi connectivity index (χ1v) is 6.81. The molecule has 18 heavy (non-hydrogen) atoms. The number of halogens is 1. The molecule has 1 saturated carbocycles. The van der Waals surface area contributed by atoms with Crippen LogP contribution in [0.25, 0.3) is 0 Å². The van der Waals surface area contributed by atoms with Gasteiger partial charge < -0.3 is 5.11 Å². The summed E-state index contributed by atoms with van der Waals surface area (Å²) in [4.78, 5) is 0. The largest absolute Gasteiger partial charge is 0.389 e. The van der Waals surface area contributed by atoms with Crippen LogP contribution >= 0.6 is 0 Å². The normalized spacial score (nSPS) is 27.2. The van der Waals surface area contributed by atoms with E-state index in [9.17, 15) is 9.50 Å². The minimum Gasteiger partial charge on any atom is -0.389 e. The van der Waals surface area contributed by atoms with E-state index >= 15 is 0 Å². The van der Waals surface area contributed by atoms with Crippen LogP contribution in [0.5, 0.6) is 0 Å². The van der Waals surface area contributed by atoms with Gasteiger partial charge in [0.05, 0.1) is 5.60 Å². The maximum Gasteiger partial charge on any atom is 0.123 e. The Morgan fingerprint density at radius 2 is 1.89 bits per heavy atom. The highest BCUT2D eigenvalue weighted by Gasteiger charge is 2.45. The Balaban J connectivity index is 2.28. The second-order valence-corrected chi connectivity index (χ2v) is 6.37. The third kappa shape index (κ3) is 2.44. The first-order valence-electron chi connectivity index (χ1n) is 6.81. The van der Waals surface area contributed by atoms with E-state index in [0.717, 1.165) is 30.4 Å². The molecule has 0 spiro atoms. The van der Waals surface area contributed by atoms with Crippen LogP contribution < -0.4 is 0 Å². The molecular formula is C16H23FO. The van der Waals surface area contributed by atoms with Gasteiger partial charge in [-0.1, -0.05) is 32.8 Å². The van der Waals surface area contributed by atoms with Crippen LogP contribution in [0.3, 0.4) is 0 Å². The average molecular weight is 250 g/mol. The van der Waals surface area contributed by atoms with Crippen molar-refractivity contribution in [2.24, 2.45) is 5.41 Å². The second-order valence-electron chi connectivity index (χ2n) is 6.37. The van der Waals surface area contributed by atoms with Gasteiger partial charge >= 0.3 is 0 Å². The molecule has 0 heterocycles. The Labute approximate surface area is 109 Å². The maximum absolute atomic E-state index is 13.3. The predicted octanol–water partition coefficient (Wildman–Crippen LogP) is 4.01. The summed E-state index contributed by atoms with van der Waals surface area (Å²) in [7, 11) is 0. The molecule has 0 saturated heterocycles. The summed E-state index contributed by atoms with van der Waals surface area (Å²) < 4.78 is 13.3. The van der Waals surface area contributed by atoms with E-state index < -0.39 is 5.60 Å². The summed E-state index contributed by atoms with van der Waals surface area (Å²) in [5, 5.41) is 10.9. The first-order chi connectivity index (χ1) is 8.34. The summed E-state index contributed by atoms with van der Waals surface area (Å²) >= 11 is 0. The molecule has 2 heteroatoms. The topological polar surface area (TPSA) is 20.2 Å². The predicted molar refractivity (Wildman–Crippen MR) is 72.0 cm³/mol. The lowest BCUT2D eigenvalue weighted by Gasteiger charge is -2.47. The van der Waals surface area contributed by atoms with Gasteiger partial charge in [-0.2, -0.15) is 0 Å². The average Bonchev–Trinajstić information content (AvgIpc) is 2.28. The van der Waals surface area contributed by atoms with Crippen LogP contribution in [0.1, 0.15) is 50.7 Å². The fraction of sp³-hybridized carbons (Fsp3) is 0.625. The SMILES string of the molecule is Cc1ccc(F)cc1CC1(O)CCCCC1(C)C. The molecule has 1 aromatic carbocycles. The quantitative estimate of drug-likeness (QED) is 0.841. The van der Waals surface area contributed by atoms with Gasteiger partial charge in [0.25, 0.3) is 0 Å². The zero-order valence-electron chi connectivity index (χ0n) is 11.6. The number of hydrogen-bond donors (Lipinski definition) is 1. The van der Waals surface area contributed by atoms with Gasteiger partial charge in [-0.3, -0.25) is 0 Å². The van der Waals surface area contributed by atoms with Crippen LogP contribution in [0.15, 0.2) is 18.2 Å². The second kappa shape index (κ2) is 4.65. The van der Waals surface area contributed by atoms with E-state index in [1.807, 2.05) is 6.92 Å². The lowest BCUT2D eigenvalue weighted by molar-refractivity contribution is -0.0959. The van der Waals surface area contributed by atoms with Gasteiger partial charge in [0, 0.05) is 6.42 Å². The minimum absolute atomic E-state index is 0.0932. The molecule has 1 nitrogen and oxygen atoms in total. The van der Waals surface area contributed by atoms with Crippen LogP contribution in [0.4, 0.5) is 4.39 Å². The van der Waals surface area contributed by atoms with Crippen molar-refractivity contribution in [3.05, 3.63) is 35.1 Å². The molecular weight excluding hydrogens is 227 g/mol. The van der Waals surface area contributed by atoms with Crippen LogP contribution in [-0.4, -0.2) is 10.7 Å². The number of hydrogen-bond acceptors (Lipinski definition) is 1. The summed E-state index contributed by atoms with van der Waals surface area (Å²) in [6.45, 7) is 6.23. The molecule has 1 fully saturated rings. The van der Waals surface area contributed by atoms with Crippen molar-refractivity contribution in [3.63, 3.8) is 0 Å². The molecule has 100 valence electrons. The molecule has 2 rings (SSSR count). The fourth-order valence-corrected chi connectivity index (χ4v) is 3.03. The molecule has 1 aliphatic carbocycles. The van der Waals surface area contributed by atoms with E-state index in [-0.39, 0.29) is 11.2 Å². The molecule has 0 radical (unpaired) electrons. The molecule has 0 bridgehead atoms. The highest BCUT2D eigenvalue weighted by molar-refractivity contribution is 5.28. The van der Waals surface area contributed by atoms with Crippen molar-refractivity contribution < 1.29 is 9.50 Å². The Bertz CT molecular complexity index is 439. The molecule has 0 aromatic heterocycles. The monoisotopic (exact) mass is 250 g/mol. The van der Waals surface area contributed by atoms with Crippen LogP contribution in [-0.2, 0) is 6.42 Å². The van der Waals surface area contributed by atoms with Crippen LogP contribution in [0, 0.1) is 18.2 Å². The van der Waals surface area contributed by atoms with E-state index in [1.165, 1.54) is 12.5 Å². The molecule has 1 aromatic rings. The lowest BCUT2D eigenvalue weighted by atomic mass is 9.63. The minimum atomic E-state index is -0.705. The van der Waals surface area contributed by atoms with Gasteiger partial charge in [0.15, 0.2) is 0 Å². The molecule has 1 aliphatic rings. The van der Waals surface area contributed by atoms with Crippen LogP contribution in [0.2, 0.25) is 0 Å². The molecule has 0 aliphatic heterocycles. The van der Waals surface area contributed by atoms with E-state index in [0.29, 0.717) is 6.42 Å². The van der Waals surface area contributed by atoms with E-state index in [1.54, 1.807) is 12.1 Å². The third-order valence-electron chi connectivity index (χ3n) is 4.70. The van der Waals surface area contributed by atoms with Gasteiger partial charge in [-0.25, -0.2) is 4.39 Å². The Hall–Kier alpha value is -0.890. The highest BCUT2D eigenvalue weighted by atomic mass is 19.1. The number of benzene rings is 1. The Morgan fingerprint density at radius 3 is 2.56 bits per heavy atom. The molecule has 0 amide bonds. The van der Waals surface area contributed by atoms with E-state index in [2.05, 4.69) is 13.8 Å². The zero-order chi connectivity index (χ0) is 13.4. The summed E-state index contributed by atoms with van der Waals surface area (Å²) in [6, 6.07) is 4.84. The number of rotatable bonds is 2. The first kappa shape index (κ1) is 13.5. The summed E-state index contributed by atoms with van der Waals surface area (Å²) in [6.07, 6.45) is 4.66. The zero-order valence-corrected chi connectivity index (χ0v) is 11.6. The van der Waals surface area contributed by atoms with Crippen molar-refractivity contribution in [2.45, 2.75) is 58.5 Å². The van der Waals surface area contributed by atoms with Gasteiger partial charge in [0.2, 0.25) is 0 Å². The fourth-order valence-electron chi connectivity index (χ4n) is 3.03. The standard InChI is InChI=1S/C16H23FO/c1-12-6-7-14(17)10-13(12)11-16(18)9-5-4-8-15(16,2)3/h6-7,10,18H,4-5,8-9,11H2,1-3H3. The number of aryl methyl sites for hydroxylation is 1. The van der Waals surface area contributed by atoms with Gasteiger partial charge in [-0.05, 0) is 48.4 Å². The van der Waals surface area contributed by atoms with E-state index in [4.69, 9.17) is 0 Å². The summed E-state index contributed by atoms with van der Waals surface area (Å²) in [5.41, 5.74) is 1.20. The van der Waals surface area contributed by atoms with Crippen molar-refractivity contribution >= 4 is 0 Å². The molecule has 1 unspecified atom stereocenters. The Kier molecular flexibility index (Phi) is 3.50. The van der Waals surface area contributed by atoms with Crippen molar-refractivity contribution in [3.8, 4) is 0 Å². The molecule has 1 N–H and O–H groups in total. The molecule has 1 atom stereocenters. The lowest BCUT2D eigenvalue weighted by Crippen LogP contribution is -2.48. The van der Waals surface area contributed by atoms with Gasteiger partial charge in [0.1, 0.15) is 5.82 Å². The van der Waals surface area contributed by atoms with Crippen molar-refractivity contribution in [1.29, 1.82) is 0 Å². The van der Waals surface area contributed by atoms with Gasteiger partial charge in [-0.15, -0.1) is 0 Å². The number of aliphatic hydroxyl groups is 1. The summed E-state index contributed by atoms with van der Waals surface area (Å²) in [5.74, 6) is -0.215. The Morgan fingerprint density at radius 1 is 1.22 bits per heavy atom.